The molecule has 0 radical (unpaired) electrons. The Labute approximate surface area is 99.4 Å². The molecule has 5 nitrogen and oxygen atoms in total. The zero-order valence-corrected chi connectivity index (χ0v) is 9.92. The van der Waals surface area contributed by atoms with E-state index in [0.717, 1.165) is 0 Å². The van der Waals surface area contributed by atoms with Gasteiger partial charge in [0, 0.05) is 27.1 Å². The Hall–Kier alpha value is -0.780. The van der Waals surface area contributed by atoms with Crippen molar-refractivity contribution in [3.05, 3.63) is 0 Å². The van der Waals surface area contributed by atoms with Crippen molar-refractivity contribution in [1.29, 1.82) is 0 Å². The van der Waals surface area contributed by atoms with E-state index >= 15 is 0 Å². The molecule has 1 aliphatic carbocycles. The van der Waals surface area contributed by atoms with E-state index < -0.39 is 0 Å². The maximum Gasteiger partial charge on any atom is 0.139 e. The molecule has 3 rings (SSSR count). The van der Waals surface area contributed by atoms with Gasteiger partial charge >= 0.3 is 0 Å². The van der Waals surface area contributed by atoms with E-state index in [4.69, 9.17) is 14.2 Å². The van der Waals surface area contributed by atoms with Crippen LogP contribution in [-0.4, -0.2) is 50.2 Å². The number of rotatable bonds is 2. The zero-order chi connectivity index (χ0) is 12.2. The summed E-state index contributed by atoms with van der Waals surface area (Å²) in [7, 11) is 3.18. The first-order valence-corrected chi connectivity index (χ1v) is 5.95. The molecule has 17 heavy (non-hydrogen) atoms. The summed E-state index contributed by atoms with van der Waals surface area (Å²) in [6.45, 7) is 0. The minimum atomic E-state index is -0.309. The first-order chi connectivity index (χ1) is 8.19. The van der Waals surface area contributed by atoms with Gasteiger partial charge < -0.3 is 14.2 Å². The van der Waals surface area contributed by atoms with Crippen LogP contribution >= 0.6 is 0 Å². The van der Waals surface area contributed by atoms with E-state index in [2.05, 4.69) is 0 Å². The number of hydrogen-bond acceptors (Lipinski definition) is 5. The van der Waals surface area contributed by atoms with E-state index in [0.29, 0.717) is 12.8 Å². The highest BCUT2D eigenvalue weighted by Gasteiger charge is 2.65. The van der Waals surface area contributed by atoms with Gasteiger partial charge in [-0.3, -0.25) is 9.59 Å². The molecule has 2 heterocycles. The Kier molecular flexibility index (Phi) is 2.57. The Morgan fingerprint density at radius 3 is 1.71 bits per heavy atom. The van der Waals surface area contributed by atoms with Gasteiger partial charge in [0.25, 0.3) is 0 Å². The molecule has 6 atom stereocenters. The molecule has 0 aromatic heterocycles. The summed E-state index contributed by atoms with van der Waals surface area (Å²) in [5.74, 6) is -0.340. The van der Waals surface area contributed by atoms with Crippen LogP contribution in [0.25, 0.3) is 0 Å². The monoisotopic (exact) mass is 240 g/mol. The number of hydrogen-bond donors (Lipinski definition) is 0. The lowest BCUT2D eigenvalue weighted by Crippen LogP contribution is -2.54. The summed E-state index contributed by atoms with van der Waals surface area (Å²) < 4.78 is 16.5. The van der Waals surface area contributed by atoms with Crippen LogP contribution in [0.1, 0.15) is 12.8 Å². The van der Waals surface area contributed by atoms with Gasteiger partial charge in [0.15, 0.2) is 0 Å². The third-order valence-electron chi connectivity index (χ3n) is 4.29. The highest BCUT2D eigenvalue weighted by Crippen LogP contribution is 2.49. The standard InChI is InChI=1S/C12H16O5/c1-15-11-9-7-5(13)3-4-6(14)8(7)10(17-9)12(11)16-2/h7-12H,3-4H2,1-2H3/t7-,8+,9-,10+,11+,12-. The largest absolute Gasteiger partial charge is 0.376 e. The normalized spacial score (nSPS) is 48.6. The molecular formula is C12H16O5. The molecule has 3 fully saturated rings. The lowest BCUT2D eigenvalue weighted by atomic mass is 9.68. The van der Waals surface area contributed by atoms with E-state index in [1.165, 1.54) is 0 Å². The van der Waals surface area contributed by atoms with Crippen molar-refractivity contribution in [2.24, 2.45) is 11.8 Å². The van der Waals surface area contributed by atoms with Crippen molar-refractivity contribution in [2.45, 2.75) is 37.3 Å². The van der Waals surface area contributed by atoms with Crippen molar-refractivity contribution in [3.63, 3.8) is 0 Å². The quantitative estimate of drug-likeness (QED) is 0.678. The predicted octanol–water partition coefficient (Wildman–Crippen LogP) is -0.0382. The summed E-state index contributed by atoms with van der Waals surface area (Å²) in [6.07, 6.45) is -0.392. The van der Waals surface area contributed by atoms with Crippen molar-refractivity contribution in [2.75, 3.05) is 14.2 Å². The van der Waals surface area contributed by atoms with E-state index in [-0.39, 0.29) is 47.8 Å². The van der Waals surface area contributed by atoms with Crippen molar-refractivity contribution in [3.8, 4) is 0 Å². The SMILES string of the molecule is CO[C@@H]1[C@H](OC)[C@H]2O[C@@H]1[C@@H]1C(=O)CCC(=O)[C@H]21. The fraction of sp³-hybridized carbons (Fsp3) is 0.833. The molecule has 0 amide bonds. The van der Waals surface area contributed by atoms with E-state index in [1.54, 1.807) is 14.2 Å². The Morgan fingerprint density at radius 1 is 0.941 bits per heavy atom. The topological polar surface area (TPSA) is 61.8 Å². The third kappa shape index (κ3) is 1.36. The molecule has 0 aromatic rings. The second kappa shape index (κ2) is 3.86. The van der Waals surface area contributed by atoms with Crippen molar-refractivity contribution in [1.82, 2.24) is 0 Å². The average Bonchev–Trinajstić information content (AvgIpc) is 2.88. The van der Waals surface area contributed by atoms with Crippen LogP contribution < -0.4 is 0 Å². The minimum absolute atomic E-state index is 0.138. The Balaban J connectivity index is 1.95. The summed E-state index contributed by atoms with van der Waals surface area (Å²) in [5.41, 5.74) is 0. The average molecular weight is 240 g/mol. The summed E-state index contributed by atoms with van der Waals surface area (Å²) >= 11 is 0. The predicted molar refractivity (Wildman–Crippen MR) is 56.5 cm³/mol. The van der Waals surface area contributed by atoms with Crippen LogP contribution in [0, 0.1) is 11.8 Å². The number of carbonyl (C=O) groups is 2. The molecule has 2 aliphatic heterocycles. The highest BCUT2D eigenvalue weighted by atomic mass is 16.6. The third-order valence-corrected chi connectivity index (χ3v) is 4.29. The molecule has 2 saturated heterocycles. The second-order valence-corrected chi connectivity index (χ2v) is 4.95. The van der Waals surface area contributed by atoms with Crippen LogP contribution in [-0.2, 0) is 23.8 Å². The molecule has 5 heteroatoms. The summed E-state index contributed by atoms with van der Waals surface area (Å²) in [5, 5.41) is 0. The van der Waals surface area contributed by atoms with Gasteiger partial charge in [-0.05, 0) is 0 Å². The smallest absolute Gasteiger partial charge is 0.139 e. The number of ketones is 2. The highest BCUT2D eigenvalue weighted by molar-refractivity contribution is 5.98. The Morgan fingerprint density at radius 2 is 1.35 bits per heavy atom. The number of Topliss-reactive ketones (excluding diaryl/α,β-unsaturated/α-hetero) is 2. The molecule has 2 bridgehead atoms. The summed E-state index contributed by atoms with van der Waals surface area (Å²) in [6, 6.07) is 0. The van der Waals surface area contributed by atoms with Crippen molar-refractivity contribution >= 4 is 11.6 Å². The number of methoxy groups -OCH3 is 2. The molecule has 0 spiro atoms. The fourth-order valence-corrected chi connectivity index (χ4v) is 3.58. The van der Waals surface area contributed by atoms with Gasteiger partial charge in [0.2, 0.25) is 0 Å². The van der Waals surface area contributed by atoms with Gasteiger partial charge in [-0.1, -0.05) is 0 Å². The fourth-order valence-electron chi connectivity index (χ4n) is 3.58. The lowest BCUT2D eigenvalue weighted by molar-refractivity contribution is -0.145. The Bertz CT molecular complexity index is 332. The molecule has 0 unspecified atom stereocenters. The molecular weight excluding hydrogens is 224 g/mol. The summed E-state index contributed by atoms with van der Waals surface area (Å²) in [4.78, 5) is 23.9. The lowest BCUT2D eigenvalue weighted by Gasteiger charge is -2.37. The number of fused-ring (bicyclic) bond motifs is 5. The first kappa shape index (κ1) is 11.3. The van der Waals surface area contributed by atoms with Crippen LogP contribution in [0.5, 0.6) is 0 Å². The molecule has 94 valence electrons. The molecule has 0 N–H and O–H groups in total. The maximum atomic E-state index is 11.9. The molecule has 0 aromatic carbocycles. The number of carbonyl (C=O) groups excluding carboxylic acids is 2. The second-order valence-electron chi connectivity index (χ2n) is 4.95. The zero-order valence-electron chi connectivity index (χ0n) is 9.92. The van der Waals surface area contributed by atoms with Gasteiger partial charge in [-0.2, -0.15) is 0 Å². The number of ether oxygens (including phenoxy) is 3. The first-order valence-electron chi connectivity index (χ1n) is 5.95. The molecule has 1 saturated carbocycles. The molecule has 3 aliphatic rings. The minimum Gasteiger partial charge on any atom is -0.376 e. The maximum absolute atomic E-state index is 11.9. The van der Waals surface area contributed by atoms with E-state index in [1.807, 2.05) is 0 Å². The van der Waals surface area contributed by atoms with Gasteiger partial charge in [-0.15, -0.1) is 0 Å². The van der Waals surface area contributed by atoms with Gasteiger partial charge in [0.05, 0.1) is 24.0 Å². The van der Waals surface area contributed by atoms with Gasteiger partial charge in [0.1, 0.15) is 23.8 Å². The van der Waals surface area contributed by atoms with Crippen LogP contribution in [0.4, 0.5) is 0 Å². The van der Waals surface area contributed by atoms with Gasteiger partial charge in [-0.25, -0.2) is 0 Å². The van der Waals surface area contributed by atoms with Crippen LogP contribution in [0.15, 0.2) is 0 Å². The van der Waals surface area contributed by atoms with E-state index in [9.17, 15) is 9.59 Å². The van der Waals surface area contributed by atoms with Crippen molar-refractivity contribution < 1.29 is 23.8 Å². The van der Waals surface area contributed by atoms with Crippen LogP contribution in [0.2, 0.25) is 0 Å². The van der Waals surface area contributed by atoms with Crippen LogP contribution in [0.3, 0.4) is 0 Å².